The van der Waals surface area contributed by atoms with Crippen LogP contribution in [-0.2, 0) is 25.9 Å². The quantitative estimate of drug-likeness (QED) is 0.289. The van der Waals surface area contributed by atoms with Crippen LogP contribution < -0.4 is 5.32 Å². The maximum absolute atomic E-state index is 6.28. The number of hydrogen-bond donors (Lipinski definition) is 1. The molecule has 1 N–H and O–H groups in total. The van der Waals surface area contributed by atoms with E-state index in [0.717, 1.165) is 56.1 Å². The molecule has 2 aromatic carbocycles. The maximum Gasteiger partial charge on any atom is 0.0444 e. The third-order valence-corrected chi connectivity index (χ3v) is 10.4. The largest absolute Gasteiger partial charge is 0.313 e. The van der Waals surface area contributed by atoms with E-state index in [9.17, 15) is 0 Å². The fraction of sp³-hybridized carbons (Fsp3) is 0.696. The summed E-state index contributed by atoms with van der Waals surface area (Å²) in [5.74, 6) is 3.15. The van der Waals surface area contributed by atoms with Gasteiger partial charge < -0.3 is 10.2 Å². The van der Waals surface area contributed by atoms with Crippen molar-refractivity contribution in [2.24, 2.45) is 5.92 Å². The van der Waals surface area contributed by atoms with Crippen molar-refractivity contribution in [3.8, 4) is 0 Å². The van der Waals surface area contributed by atoms with Gasteiger partial charge in [-0.1, -0.05) is 130 Å². The number of nitrogens with one attached hydrogen (secondary N) is 1. The van der Waals surface area contributed by atoms with E-state index in [0.29, 0.717) is 11.8 Å². The summed E-state index contributed by atoms with van der Waals surface area (Å²) in [7, 11) is 2.23. The number of rotatable bonds is 7. The Labute approximate surface area is 317 Å². The van der Waals surface area contributed by atoms with Crippen LogP contribution >= 0.6 is 11.6 Å². The van der Waals surface area contributed by atoms with Crippen LogP contribution in [0.2, 0.25) is 5.02 Å². The van der Waals surface area contributed by atoms with E-state index in [4.69, 9.17) is 11.6 Å². The third-order valence-electron chi connectivity index (χ3n) is 10.0. The highest BCUT2D eigenvalue weighted by Crippen LogP contribution is 2.44. The molecule has 286 valence electrons. The minimum atomic E-state index is 0.513. The second-order valence-electron chi connectivity index (χ2n) is 15.0. The van der Waals surface area contributed by atoms with Crippen LogP contribution in [0.25, 0.3) is 0 Å². The van der Waals surface area contributed by atoms with Crippen molar-refractivity contribution >= 4 is 11.6 Å². The molecular weight excluding hydrogens is 630 g/mol. The molecule has 2 saturated carbocycles. The molecule has 4 aliphatic rings. The van der Waals surface area contributed by atoms with Gasteiger partial charge in [-0.3, -0.25) is 4.90 Å². The Bertz CT molecular complexity index is 1230. The fourth-order valence-electron chi connectivity index (χ4n) is 6.24. The maximum atomic E-state index is 6.28. The minimum Gasteiger partial charge on any atom is -0.313 e. The normalized spacial score (nSPS) is 16.8. The predicted octanol–water partition coefficient (Wildman–Crippen LogP) is 12.9. The molecule has 0 unspecified atom stereocenters. The highest BCUT2D eigenvalue weighted by molar-refractivity contribution is 6.31. The Morgan fingerprint density at radius 1 is 0.860 bits per heavy atom. The lowest BCUT2D eigenvalue weighted by Crippen LogP contribution is -2.27. The van der Waals surface area contributed by atoms with Gasteiger partial charge in [0.15, 0.2) is 0 Å². The number of fused-ring (bicyclic) bond motifs is 2. The molecule has 0 saturated heterocycles. The molecule has 2 aliphatic carbocycles. The summed E-state index contributed by atoms with van der Waals surface area (Å²) in [6, 6.07) is 9.48. The zero-order chi connectivity index (χ0) is 37.8. The number of likely N-dealkylation sites (N-methyl/N-ethyl adjacent to an activating group) is 2. The van der Waals surface area contributed by atoms with Crippen molar-refractivity contribution in [2.45, 2.75) is 166 Å². The molecule has 0 radical (unpaired) electrons. The second kappa shape index (κ2) is 25.3. The van der Waals surface area contributed by atoms with Crippen LogP contribution in [0.15, 0.2) is 35.9 Å². The van der Waals surface area contributed by atoms with Gasteiger partial charge in [0.2, 0.25) is 0 Å². The molecular formula is C46H80ClN3. The Kier molecular flexibility index (Phi) is 23.5. The molecule has 6 rings (SSSR count). The summed E-state index contributed by atoms with van der Waals surface area (Å²) < 4.78 is 0. The first-order chi connectivity index (χ1) is 24.0. The van der Waals surface area contributed by atoms with E-state index in [2.05, 4.69) is 115 Å². The molecule has 0 aromatic heterocycles. The first-order valence-electron chi connectivity index (χ1n) is 20.7. The van der Waals surface area contributed by atoms with Gasteiger partial charge in [0.05, 0.1) is 0 Å². The predicted molar refractivity (Wildman–Crippen MR) is 226 cm³/mol. The topological polar surface area (TPSA) is 18.5 Å². The van der Waals surface area contributed by atoms with Gasteiger partial charge in [0, 0.05) is 31.2 Å². The summed E-state index contributed by atoms with van der Waals surface area (Å²) in [5, 5.41) is 4.34. The molecule has 0 atom stereocenters. The van der Waals surface area contributed by atoms with Gasteiger partial charge in [-0.15, -0.1) is 0 Å². The Balaban J connectivity index is 0.000000347. The smallest absolute Gasteiger partial charge is 0.0444 e. The number of nitrogens with zero attached hydrogens (tertiary/aromatic N) is 2. The zero-order valence-electron chi connectivity index (χ0n) is 35.4. The average Bonchev–Trinajstić information content (AvgIpc) is 4.05. The van der Waals surface area contributed by atoms with E-state index < -0.39 is 0 Å². The van der Waals surface area contributed by atoms with Crippen LogP contribution in [0.1, 0.15) is 179 Å². The average molecular weight is 711 g/mol. The number of aryl methyl sites for hydroxylation is 1. The van der Waals surface area contributed by atoms with Crippen molar-refractivity contribution in [3.05, 3.63) is 79.9 Å². The van der Waals surface area contributed by atoms with Crippen LogP contribution in [0.3, 0.4) is 0 Å². The number of benzene rings is 2. The monoisotopic (exact) mass is 710 g/mol. The lowest BCUT2D eigenvalue weighted by Gasteiger charge is -2.27. The van der Waals surface area contributed by atoms with Crippen molar-refractivity contribution in [3.63, 3.8) is 0 Å². The van der Waals surface area contributed by atoms with Gasteiger partial charge in [-0.05, 0) is 141 Å². The molecule has 3 nitrogen and oxygen atoms in total. The van der Waals surface area contributed by atoms with Gasteiger partial charge in [0.25, 0.3) is 0 Å². The summed E-state index contributed by atoms with van der Waals surface area (Å²) >= 11 is 6.28. The summed E-state index contributed by atoms with van der Waals surface area (Å²) in [5.41, 5.74) is 12.1. The highest BCUT2D eigenvalue weighted by atomic mass is 35.5. The summed E-state index contributed by atoms with van der Waals surface area (Å²) in [6.45, 7) is 35.9. The van der Waals surface area contributed by atoms with Gasteiger partial charge in [0.1, 0.15) is 0 Å². The van der Waals surface area contributed by atoms with E-state index in [1.807, 2.05) is 27.7 Å². The van der Waals surface area contributed by atoms with Gasteiger partial charge >= 0.3 is 0 Å². The first-order valence-corrected chi connectivity index (χ1v) is 21.0. The van der Waals surface area contributed by atoms with E-state index in [-0.39, 0.29) is 0 Å². The molecule has 4 heteroatoms. The van der Waals surface area contributed by atoms with E-state index in [1.165, 1.54) is 73.8 Å². The number of allylic oxidation sites excluding steroid dienone is 1. The van der Waals surface area contributed by atoms with Crippen molar-refractivity contribution in [1.82, 2.24) is 15.1 Å². The Morgan fingerprint density at radius 2 is 1.42 bits per heavy atom. The van der Waals surface area contributed by atoms with Crippen LogP contribution in [-0.4, -0.2) is 49.6 Å². The third kappa shape index (κ3) is 16.8. The Morgan fingerprint density at radius 3 is 1.92 bits per heavy atom. The standard InChI is InChI=1S/C16H23N.C13H18ClN.C9H19N.C4H8.2C2H6/c1-11(2)15-9-14-10-17(3)7-6-13(14)8-16(15)12-4-5-12;1-9(2)12-6-10-4-3-5-15-8-11(10)7-13(12)14;1-5-9(4)8-10(6-2)7-3;1-4-2-3-4;2*1-2/h8-9,11-12H,4-7,10H2,1-3H3;6-7,9,15H,3-5,8H2,1-2H3;5H,6-8H2,1-4H3;4H,2-3H2,1H3;2*1-2H3/b;;9-5+;;;. The fourth-order valence-corrected chi connectivity index (χ4v) is 6.64. The molecule has 2 aliphatic heterocycles. The van der Waals surface area contributed by atoms with E-state index >= 15 is 0 Å². The first kappa shape index (κ1) is 46.4. The van der Waals surface area contributed by atoms with Gasteiger partial charge in [-0.2, -0.15) is 0 Å². The number of halogens is 1. The van der Waals surface area contributed by atoms with Crippen molar-refractivity contribution < 1.29 is 0 Å². The molecule has 2 fully saturated rings. The molecule has 2 aromatic rings. The lowest BCUT2D eigenvalue weighted by atomic mass is 9.87. The van der Waals surface area contributed by atoms with E-state index in [1.54, 1.807) is 22.3 Å². The molecule has 0 spiro atoms. The number of hydrogen-bond acceptors (Lipinski definition) is 3. The molecule has 50 heavy (non-hydrogen) atoms. The second-order valence-corrected chi connectivity index (χ2v) is 15.4. The van der Waals surface area contributed by atoms with Crippen LogP contribution in [0.4, 0.5) is 0 Å². The van der Waals surface area contributed by atoms with Crippen molar-refractivity contribution in [1.29, 1.82) is 0 Å². The summed E-state index contributed by atoms with van der Waals surface area (Å²) in [4.78, 5) is 4.85. The summed E-state index contributed by atoms with van der Waals surface area (Å²) in [6.07, 6.45) is 11.6. The highest BCUT2D eigenvalue weighted by Gasteiger charge is 2.28. The molecule has 0 bridgehead atoms. The zero-order valence-corrected chi connectivity index (χ0v) is 36.1. The molecule has 0 amide bonds. The lowest BCUT2D eigenvalue weighted by molar-refractivity contribution is 0.312. The van der Waals surface area contributed by atoms with Crippen molar-refractivity contribution in [2.75, 3.05) is 39.8 Å². The SMILES string of the molecule is C/C=C(\C)CN(CC)CC.CC.CC.CC(C)c1cc2c(cc1C1CC1)CCN(C)C2.CC(C)c1cc2c(cc1Cl)CNCCC2.CC1CC1. The Hall–Kier alpha value is -1.65. The van der Waals surface area contributed by atoms with Gasteiger partial charge in [-0.25, -0.2) is 0 Å². The minimum absolute atomic E-state index is 0.513. The van der Waals surface area contributed by atoms with Crippen LogP contribution in [0.5, 0.6) is 0 Å². The molecule has 2 heterocycles. The van der Waals surface area contributed by atoms with Crippen LogP contribution in [0, 0.1) is 5.92 Å².